The van der Waals surface area contributed by atoms with Gasteiger partial charge in [0.1, 0.15) is 13.2 Å². The average molecular weight is 172 g/mol. The summed E-state index contributed by atoms with van der Waals surface area (Å²) in [7, 11) is -0.880. The Balaban J connectivity index is 2.37. The molecule has 1 aliphatic heterocycles. The monoisotopic (exact) mass is 171 g/mol. The van der Waals surface area contributed by atoms with Gasteiger partial charge in [-0.15, -0.1) is 0 Å². The zero-order valence-corrected chi connectivity index (χ0v) is 6.82. The molecule has 0 aromatic carbocycles. The van der Waals surface area contributed by atoms with Crippen LogP contribution in [0.15, 0.2) is 0 Å². The second-order valence-corrected chi connectivity index (χ2v) is 4.62. The van der Waals surface area contributed by atoms with E-state index in [1.807, 2.05) is 0 Å². The van der Waals surface area contributed by atoms with E-state index in [2.05, 4.69) is 0 Å². The summed E-state index contributed by atoms with van der Waals surface area (Å²) in [5, 5.41) is 0. The van der Waals surface area contributed by atoms with Crippen LogP contribution in [-0.4, -0.2) is 20.3 Å². The maximum absolute atomic E-state index is 5.70. The quantitative estimate of drug-likeness (QED) is 0.565. The van der Waals surface area contributed by atoms with E-state index in [-0.39, 0.29) is 0 Å². The Bertz CT molecular complexity index is 93.8. The van der Waals surface area contributed by atoms with Crippen LogP contribution in [0.4, 0.5) is 0 Å². The molecule has 0 saturated carbocycles. The molecule has 0 radical (unpaired) electrons. The molecule has 0 aliphatic carbocycles. The summed E-state index contributed by atoms with van der Waals surface area (Å²) < 4.78 is 14.9. The third-order valence-electron chi connectivity index (χ3n) is 0.998. The van der Waals surface area contributed by atoms with Crippen LogP contribution in [0.25, 0.3) is 0 Å². The van der Waals surface area contributed by atoms with Gasteiger partial charge in [-0.05, 0) is 0 Å². The Labute approximate surface area is 59.6 Å². The van der Waals surface area contributed by atoms with Crippen LogP contribution in [0.1, 0.15) is 6.42 Å². The second kappa shape index (κ2) is 3.13. The van der Waals surface area contributed by atoms with Gasteiger partial charge < -0.3 is 0 Å². The molecule has 0 amide bonds. The minimum atomic E-state index is -2.37. The highest BCUT2D eigenvalue weighted by atomic mass is 35.7. The minimum absolute atomic E-state index is 0.644. The first-order chi connectivity index (χ1) is 4.27. The lowest BCUT2D eigenvalue weighted by Crippen LogP contribution is -2.10. The summed E-state index contributed by atoms with van der Waals surface area (Å²) in [5.41, 5.74) is 0. The summed E-state index contributed by atoms with van der Waals surface area (Å²) in [6.07, 6.45) is 0.901. The van der Waals surface area contributed by atoms with E-state index in [1.165, 1.54) is 7.11 Å². The highest BCUT2D eigenvalue weighted by Gasteiger charge is 2.45. The number of rotatable bonds is 1. The molecule has 1 fully saturated rings. The zero-order valence-electron chi connectivity index (χ0n) is 5.17. The first-order valence-corrected chi connectivity index (χ1v) is 5.15. The first kappa shape index (κ1) is 7.70. The van der Waals surface area contributed by atoms with Crippen LogP contribution in [0.5, 0.6) is 0 Å². The number of hydrogen-bond donors (Lipinski definition) is 0. The molecule has 0 N–H and O–H groups in total. The van der Waals surface area contributed by atoms with E-state index in [4.69, 9.17) is 24.8 Å². The van der Waals surface area contributed by atoms with Gasteiger partial charge >= 0.3 is 7.30 Å². The molecule has 0 spiro atoms. The van der Waals surface area contributed by atoms with Crippen molar-refractivity contribution in [1.29, 1.82) is 0 Å². The molecule has 54 valence electrons. The van der Waals surface area contributed by atoms with Crippen molar-refractivity contribution in [2.75, 3.05) is 20.3 Å². The molecule has 0 atom stereocenters. The van der Waals surface area contributed by atoms with E-state index in [1.54, 1.807) is 0 Å². The maximum atomic E-state index is 5.70. The highest BCUT2D eigenvalue weighted by Crippen LogP contribution is 2.67. The molecule has 0 aromatic rings. The Morgan fingerprint density at radius 1 is 1.44 bits per heavy atom. The highest BCUT2D eigenvalue weighted by molar-refractivity contribution is 7.87. The predicted molar refractivity (Wildman–Crippen MR) is 36.3 cm³/mol. The lowest BCUT2D eigenvalue weighted by Gasteiger charge is -2.16. The standard InChI is InChI=1S/C4H9ClO3P/c1-6-9(5)7-3-2-4-8-9/h2-4H2,1H3/q+1. The van der Waals surface area contributed by atoms with E-state index in [0.717, 1.165) is 6.42 Å². The van der Waals surface area contributed by atoms with E-state index >= 15 is 0 Å². The van der Waals surface area contributed by atoms with Crippen LogP contribution in [0, 0.1) is 0 Å². The SMILES string of the molecule is CO[P+]1(Cl)OCCCO1. The van der Waals surface area contributed by atoms with Crippen molar-refractivity contribution in [3.63, 3.8) is 0 Å². The molecule has 1 rings (SSSR count). The molecular weight excluding hydrogens is 162 g/mol. The van der Waals surface area contributed by atoms with Crippen molar-refractivity contribution in [2.45, 2.75) is 6.42 Å². The Morgan fingerprint density at radius 3 is 2.33 bits per heavy atom. The molecule has 9 heavy (non-hydrogen) atoms. The van der Waals surface area contributed by atoms with Gasteiger partial charge in [0.05, 0.1) is 7.11 Å². The van der Waals surface area contributed by atoms with Crippen LogP contribution >= 0.6 is 18.5 Å². The fourth-order valence-electron chi connectivity index (χ4n) is 0.549. The van der Waals surface area contributed by atoms with Crippen molar-refractivity contribution < 1.29 is 13.6 Å². The molecule has 1 saturated heterocycles. The lowest BCUT2D eigenvalue weighted by molar-refractivity contribution is 0.122. The zero-order chi connectivity index (χ0) is 6.74. The van der Waals surface area contributed by atoms with Crippen molar-refractivity contribution in [3.05, 3.63) is 0 Å². The van der Waals surface area contributed by atoms with Gasteiger partial charge in [-0.2, -0.15) is 13.6 Å². The van der Waals surface area contributed by atoms with Crippen molar-refractivity contribution >= 4 is 18.5 Å². The third kappa shape index (κ3) is 2.03. The van der Waals surface area contributed by atoms with Gasteiger partial charge in [-0.25, -0.2) is 0 Å². The minimum Gasteiger partial charge on any atom is -0.167 e. The smallest absolute Gasteiger partial charge is 0.167 e. The fraction of sp³-hybridized carbons (Fsp3) is 1.00. The van der Waals surface area contributed by atoms with Gasteiger partial charge in [0.15, 0.2) is 11.2 Å². The normalized spacial score (nSPS) is 26.0. The molecule has 1 aliphatic rings. The Hall–Kier alpha value is 0.600. The van der Waals surface area contributed by atoms with Crippen LogP contribution in [0.3, 0.4) is 0 Å². The maximum Gasteiger partial charge on any atom is 0.524 e. The fourth-order valence-corrected chi connectivity index (χ4v) is 1.94. The van der Waals surface area contributed by atoms with E-state index in [9.17, 15) is 0 Å². The molecule has 0 aromatic heterocycles. The number of halogens is 1. The van der Waals surface area contributed by atoms with E-state index in [0.29, 0.717) is 13.2 Å². The summed E-state index contributed by atoms with van der Waals surface area (Å²) in [6.45, 7) is 1.29. The van der Waals surface area contributed by atoms with Gasteiger partial charge in [-0.1, -0.05) is 0 Å². The topological polar surface area (TPSA) is 27.7 Å². The summed E-state index contributed by atoms with van der Waals surface area (Å²) in [5.74, 6) is 0. The third-order valence-corrected chi connectivity index (χ3v) is 3.42. The summed E-state index contributed by atoms with van der Waals surface area (Å²) in [6, 6.07) is 0. The van der Waals surface area contributed by atoms with Crippen LogP contribution in [-0.2, 0) is 13.6 Å². The van der Waals surface area contributed by atoms with Gasteiger partial charge in [-0.3, -0.25) is 0 Å². The molecule has 0 unspecified atom stereocenters. The van der Waals surface area contributed by atoms with Crippen molar-refractivity contribution in [2.24, 2.45) is 0 Å². The molecule has 5 heteroatoms. The summed E-state index contributed by atoms with van der Waals surface area (Å²) >= 11 is 5.70. The second-order valence-electron chi connectivity index (χ2n) is 1.63. The molecule has 1 heterocycles. The van der Waals surface area contributed by atoms with Gasteiger partial charge in [0.25, 0.3) is 0 Å². The Morgan fingerprint density at radius 2 is 2.00 bits per heavy atom. The molecular formula is C4H9ClO3P+. The van der Waals surface area contributed by atoms with Crippen molar-refractivity contribution in [3.8, 4) is 0 Å². The number of hydrogen-bond acceptors (Lipinski definition) is 3. The van der Waals surface area contributed by atoms with Crippen molar-refractivity contribution in [1.82, 2.24) is 0 Å². The van der Waals surface area contributed by atoms with Crippen LogP contribution < -0.4 is 0 Å². The average Bonchev–Trinajstić information content (AvgIpc) is 1.90. The first-order valence-electron chi connectivity index (χ1n) is 2.70. The van der Waals surface area contributed by atoms with Crippen LogP contribution in [0.2, 0.25) is 0 Å². The Kier molecular flexibility index (Phi) is 2.68. The predicted octanol–water partition coefficient (Wildman–Crippen LogP) is 1.99. The molecule has 0 bridgehead atoms. The summed E-state index contributed by atoms with van der Waals surface area (Å²) in [4.78, 5) is 0. The molecule has 3 nitrogen and oxygen atoms in total. The van der Waals surface area contributed by atoms with Gasteiger partial charge in [0, 0.05) is 6.42 Å². The lowest BCUT2D eigenvalue weighted by atomic mass is 10.5. The largest absolute Gasteiger partial charge is 0.524 e. The van der Waals surface area contributed by atoms with E-state index < -0.39 is 7.30 Å². The van der Waals surface area contributed by atoms with Gasteiger partial charge in [0.2, 0.25) is 0 Å².